The van der Waals surface area contributed by atoms with Crippen LogP contribution in [-0.4, -0.2) is 36.2 Å². The first-order chi connectivity index (χ1) is 14.3. The maximum Gasteiger partial charge on any atom is 0.319 e. The van der Waals surface area contributed by atoms with E-state index in [0.29, 0.717) is 27.4 Å². The maximum absolute atomic E-state index is 14.0. The highest BCUT2D eigenvalue weighted by Gasteiger charge is 2.42. The van der Waals surface area contributed by atoms with Crippen molar-refractivity contribution < 1.29 is 27.8 Å². The lowest BCUT2D eigenvalue weighted by atomic mass is 9.88. The molecule has 0 unspecified atom stereocenters. The van der Waals surface area contributed by atoms with E-state index in [9.17, 15) is 23.1 Å². The Morgan fingerprint density at radius 3 is 2.67 bits per heavy atom. The lowest BCUT2D eigenvalue weighted by molar-refractivity contribution is -0.0104. The van der Waals surface area contributed by atoms with E-state index in [1.54, 1.807) is 12.1 Å². The molecule has 1 aliphatic heterocycles. The molecule has 1 heterocycles. The van der Waals surface area contributed by atoms with Crippen molar-refractivity contribution in [3.63, 3.8) is 0 Å². The standard InChI is InChI=1S/C21H20ClF3N2O3/c22-11-1-2-13-18(8-21(9-23,10-24)30-19(13)5-11)27-20(29)26-17-4-3-16(25)14-6-12(28)7-15(14)17/h1-5,12,18,28H,6-10H2,(H2,26,27,29)/t12-,18+/m0/s1. The fourth-order valence-corrected chi connectivity index (χ4v) is 4.23. The third-order valence-electron chi connectivity index (χ3n) is 5.55. The Bertz CT molecular complexity index is 984. The van der Waals surface area contributed by atoms with Crippen LogP contribution in [0.2, 0.25) is 5.02 Å². The number of halogens is 4. The van der Waals surface area contributed by atoms with E-state index in [4.69, 9.17) is 16.3 Å². The number of aliphatic hydroxyl groups is 1. The summed E-state index contributed by atoms with van der Waals surface area (Å²) in [5, 5.41) is 15.6. The summed E-state index contributed by atoms with van der Waals surface area (Å²) in [6.45, 7) is -2.14. The number of benzene rings is 2. The summed E-state index contributed by atoms with van der Waals surface area (Å²) in [6.07, 6.45) is -0.402. The smallest absolute Gasteiger partial charge is 0.319 e. The number of hydrogen-bond donors (Lipinski definition) is 3. The molecule has 2 aromatic rings. The largest absolute Gasteiger partial charge is 0.481 e. The zero-order valence-electron chi connectivity index (χ0n) is 15.9. The topological polar surface area (TPSA) is 70.6 Å². The number of ether oxygens (including phenoxy) is 1. The normalized spacial score (nSPS) is 21.4. The van der Waals surface area contributed by atoms with Crippen LogP contribution >= 0.6 is 11.6 Å². The van der Waals surface area contributed by atoms with Crippen molar-refractivity contribution in [3.05, 3.63) is 57.9 Å². The Morgan fingerprint density at radius 2 is 1.93 bits per heavy atom. The molecular formula is C21H20ClF3N2O3. The molecule has 160 valence electrons. The van der Waals surface area contributed by atoms with E-state index in [-0.39, 0.29) is 25.0 Å². The van der Waals surface area contributed by atoms with Crippen LogP contribution in [-0.2, 0) is 12.8 Å². The van der Waals surface area contributed by atoms with Crippen LogP contribution in [0.4, 0.5) is 23.7 Å². The van der Waals surface area contributed by atoms with Gasteiger partial charge in [0.1, 0.15) is 24.9 Å². The number of anilines is 1. The van der Waals surface area contributed by atoms with Crippen LogP contribution in [0, 0.1) is 5.82 Å². The zero-order chi connectivity index (χ0) is 21.5. The monoisotopic (exact) mass is 440 g/mol. The highest BCUT2D eigenvalue weighted by Crippen LogP contribution is 2.41. The van der Waals surface area contributed by atoms with Crippen molar-refractivity contribution in [2.75, 3.05) is 18.7 Å². The highest BCUT2D eigenvalue weighted by atomic mass is 35.5. The van der Waals surface area contributed by atoms with Crippen LogP contribution in [0.1, 0.15) is 29.2 Å². The molecule has 2 amide bonds. The van der Waals surface area contributed by atoms with Gasteiger partial charge in [-0.3, -0.25) is 0 Å². The van der Waals surface area contributed by atoms with Gasteiger partial charge in [0, 0.05) is 35.5 Å². The number of hydrogen-bond acceptors (Lipinski definition) is 3. The number of fused-ring (bicyclic) bond motifs is 2. The molecule has 2 aromatic carbocycles. The second kappa shape index (κ2) is 8.00. The van der Waals surface area contributed by atoms with Gasteiger partial charge in [-0.25, -0.2) is 18.0 Å². The summed E-state index contributed by atoms with van der Waals surface area (Å²) in [4.78, 5) is 12.7. The van der Waals surface area contributed by atoms with E-state index < -0.39 is 42.9 Å². The number of nitrogens with one attached hydrogen (secondary N) is 2. The van der Waals surface area contributed by atoms with Gasteiger partial charge in [0.2, 0.25) is 0 Å². The average molecular weight is 441 g/mol. The Hall–Kier alpha value is -2.45. The predicted octanol–water partition coefficient (Wildman–Crippen LogP) is 4.26. The van der Waals surface area contributed by atoms with Crippen LogP contribution in [0.25, 0.3) is 0 Å². The summed E-state index contributed by atoms with van der Waals surface area (Å²) in [7, 11) is 0. The molecule has 9 heteroatoms. The molecule has 0 saturated heterocycles. The van der Waals surface area contributed by atoms with E-state index in [1.807, 2.05) is 0 Å². The van der Waals surface area contributed by atoms with Crippen LogP contribution in [0.3, 0.4) is 0 Å². The molecule has 5 nitrogen and oxygen atoms in total. The van der Waals surface area contributed by atoms with Crippen LogP contribution in [0.5, 0.6) is 5.75 Å². The summed E-state index contributed by atoms with van der Waals surface area (Å²) in [5.41, 5.74) is 0.133. The first-order valence-corrected chi connectivity index (χ1v) is 9.88. The SMILES string of the molecule is O=C(Nc1ccc(F)c2c1C[C@@H](O)C2)N[C@@H]1CC(CF)(CF)Oc2cc(Cl)ccc21. The van der Waals surface area contributed by atoms with Gasteiger partial charge in [-0.05, 0) is 35.4 Å². The van der Waals surface area contributed by atoms with Crippen LogP contribution < -0.4 is 15.4 Å². The molecule has 0 bridgehead atoms. The van der Waals surface area contributed by atoms with E-state index >= 15 is 0 Å². The molecule has 4 rings (SSSR count). The number of amides is 2. The van der Waals surface area contributed by atoms with E-state index in [0.717, 1.165) is 0 Å². The van der Waals surface area contributed by atoms with Gasteiger partial charge < -0.3 is 20.5 Å². The summed E-state index contributed by atoms with van der Waals surface area (Å²) < 4.78 is 46.8. The molecule has 30 heavy (non-hydrogen) atoms. The summed E-state index contributed by atoms with van der Waals surface area (Å²) >= 11 is 5.98. The number of aliphatic hydroxyl groups excluding tert-OH is 1. The number of alkyl halides is 2. The predicted molar refractivity (Wildman–Crippen MR) is 106 cm³/mol. The van der Waals surface area contributed by atoms with E-state index in [2.05, 4.69) is 10.6 Å². The first kappa shape index (κ1) is 20.8. The van der Waals surface area contributed by atoms with Crippen molar-refractivity contribution in [2.24, 2.45) is 0 Å². The van der Waals surface area contributed by atoms with E-state index in [1.165, 1.54) is 18.2 Å². The number of urea groups is 1. The second-order valence-corrected chi connectivity index (χ2v) is 8.14. The molecule has 0 fully saturated rings. The highest BCUT2D eigenvalue weighted by molar-refractivity contribution is 6.30. The Morgan fingerprint density at radius 1 is 1.20 bits per heavy atom. The number of carbonyl (C=O) groups is 1. The van der Waals surface area contributed by atoms with Gasteiger partial charge in [0.25, 0.3) is 0 Å². The number of rotatable bonds is 4. The molecule has 0 spiro atoms. The molecule has 2 aliphatic rings. The Balaban J connectivity index is 1.57. The Labute approximate surface area is 176 Å². The molecular weight excluding hydrogens is 421 g/mol. The van der Waals surface area contributed by atoms with Gasteiger partial charge >= 0.3 is 6.03 Å². The molecule has 1 aliphatic carbocycles. The van der Waals surface area contributed by atoms with Gasteiger partial charge in [-0.15, -0.1) is 0 Å². The van der Waals surface area contributed by atoms with Gasteiger partial charge in [0.05, 0.1) is 12.1 Å². The minimum atomic E-state index is -1.71. The van der Waals surface area contributed by atoms with Gasteiger partial charge in [0.15, 0.2) is 5.60 Å². The minimum absolute atomic E-state index is 0.109. The third kappa shape index (κ3) is 3.81. The summed E-state index contributed by atoms with van der Waals surface area (Å²) in [5.74, 6) is -0.224. The van der Waals surface area contributed by atoms with Crippen LogP contribution in [0.15, 0.2) is 30.3 Å². The molecule has 3 N–H and O–H groups in total. The van der Waals surface area contributed by atoms with Gasteiger partial charge in [-0.1, -0.05) is 17.7 Å². The lowest BCUT2D eigenvalue weighted by Crippen LogP contribution is -2.49. The van der Waals surface area contributed by atoms with Crippen molar-refractivity contribution in [2.45, 2.75) is 37.0 Å². The molecule has 0 aromatic heterocycles. The third-order valence-corrected chi connectivity index (χ3v) is 5.78. The van der Waals surface area contributed by atoms with Crippen molar-refractivity contribution in [1.82, 2.24) is 5.32 Å². The molecule has 2 atom stereocenters. The van der Waals surface area contributed by atoms with Crippen molar-refractivity contribution in [3.8, 4) is 5.75 Å². The fraction of sp³-hybridized carbons (Fsp3) is 0.381. The lowest BCUT2D eigenvalue weighted by Gasteiger charge is -2.39. The maximum atomic E-state index is 14.0. The average Bonchev–Trinajstić information content (AvgIpc) is 3.12. The molecule has 0 radical (unpaired) electrons. The van der Waals surface area contributed by atoms with Gasteiger partial charge in [-0.2, -0.15) is 0 Å². The Kier molecular flexibility index (Phi) is 5.55. The zero-order valence-corrected chi connectivity index (χ0v) is 16.6. The van der Waals surface area contributed by atoms with Crippen molar-refractivity contribution >= 4 is 23.3 Å². The quantitative estimate of drug-likeness (QED) is 0.665. The minimum Gasteiger partial charge on any atom is -0.481 e. The summed E-state index contributed by atoms with van der Waals surface area (Å²) in [6, 6.07) is 6.00. The second-order valence-electron chi connectivity index (χ2n) is 7.70. The number of carbonyl (C=O) groups excluding carboxylic acids is 1. The molecule has 0 saturated carbocycles. The fourth-order valence-electron chi connectivity index (χ4n) is 4.06. The first-order valence-electron chi connectivity index (χ1n) is 9.50. The van der Waals surface area contributed by atoms with Crippen molar-refractivity contribution in [1.29, 1.82) is 0 Å².